The summed E-state index contributed by atoms with van der Waals surface area (Å²) in [5.74, 6) is 0. The fourth-order valence-electron chi connectivity index (χ4n) is 4.18. The van der Waals surface area contributed by atoms with Crippen molar-refractivity contribution >= 4 is 37.4 Å². The quantitative estimate of drug-likeness (QED) is 0.0466. The molecule has 0 radical (unpaired) electrons. The molecule has 0 saturated heterocycles. The van der Waals surface area contributed by atoms with Gasteiger partial charge in [-0.3, -0.25) is 0 Å². The van der Waals surface area contributed by atoms with Gasteiger partial charge in [0.15, 0.2) is 0 Å². The van der Waals surface area contributed by atoms with E-state index in [0.717, 1.165) is 0 Å². The molecule has 53 heavy (non-hydrogen) atoms. The van der Waals surface area contributed by atoms with Gasteiger partial charge in [-0.2, -0.15) is 0 Å². The average molecular weight is 833 g/mol. The third-order valence-electron chi connectivity index (χ3n) is 9.22. The van der Waals surface area contributed by atoms with E-state index in [9.17, 15) is 0 Å². The molecule has 9 atom stereocenters. The van der Waals surface area contributed by atoms with Gasteiger partial charge in [0.2, 0.25) is 5.60 Å². The summed E-state index contributed by atoms with van der Waals surface area (Å²) in [5.41, 5.74) is -1.98. The third kappa shape index (κ3) is 20.1. The molecule has 0 aromatic heterocycles. The maximum atomic E-state index is 7.22. The average Bonchev–Trinajstić information content (AvgIpc) is 3.10. The van der Waals surface area contributed by atoms with Crippen LogP contribution in [-0.4, -0.2) is 97.9 Å². The second-order valence-electron chi connectivity index (χ2n) is 14.7. The van der Waals surface area contributed by atoms with Gasteiger partial charge in [0.1, 0.15) is 10.2 Å². The molecule has 0 amide bonds. The molecule has 0 spiro atoms. The smallest absolute Gasteiger partial charge is 0.348 e. The van der Waals surface area contributed by atoms with Crippen LogP contribution in [0, 0.1) is 0 Å². The van der Waals surface area contributed by atoms with E-state index in [4.69, 9.17) is 53.1 Å². The van der Waals surface area contributed by atoms with Crippen LogP contribution in [0.5, 0.6) is 0 Å². The normalized spacial score (nSPS) is 22.3. The van der Waals surface area contributed by atoms with Gasteiger partial charge in [-0.1, -0.05) is 62.3 Å². The van der Waals surface area contributed by atoms with Crippen LogP contribution in [0.1, 0.15) is 182 Å². The molecule has 0 aromatic carbocycles. The van der Waals surface area contributed by atoms with Crippen molar-refractivity contribution in [1.29, 1.82) is 0 Å². The third-order valence-corrected chi connectivity index (χ3v) is 19.1. The molecule has 16 heteroatoms. The van der Waals surface area contributed by atoms with Gasteiger partial charge in [-0.25, -0.2) is 0 Å². The summed E-state index contributed by atoms with van der Waals surface area (Å²) >= 11 is 0. The summed E-state index contributed by atoms with van der Waals surface area (Å²) in [4.78, 5) is 0. The van der Waals surface area contributed by atoms with E-state index >= 15 is 0 Å². The van der Waals surface area contributed by atoms with Crippen LogP contribution in [-0.2, 0) is 53.1 Å². The highest BCUT2D eigenvalue weighted by atomic mass is 28.4. The maximum absolute atomic E-state index is 7.22. The standard InChI is InChI=1S/C37H84O12Si4/c1-19-28(10)38-51(39-29(11)20-2,40-30(12)21-3)47-37(50,48-52(41-31(13)22-4,42-32(14)23-5)43-33(15)24-6)49-53(44-34(16)25-7,45-35(17)26-8)46-36(18)27-9/h28-36H,19-27H2,1-18,50H3. The lowest BCUT2D eigenvalue weighted by molar-refractivity contribution is -0.301. The predicted molar refractivity (Wildman–Crippen MR) is 221 cm³/mol. The first-order valence-electron chi connectivity index (χ1n) is 20.9. The fraction of sp³-hybridized carbons (Fsp3) is 1.00. The summed E-state index contributed by atoms with van der Waals surface area (Å²) in [5, 5.41) is 0. The second kappa shape index (κ2) is 26.4. The van der Waals surface area contributed by atoms with Crippen molar-refractivity contribution in [3.8, 4) is 0 Å². The summed E-state index contributed by atoms with van der Waals surface area (Å²) in [7, 11) is -12.5. The minimum Gasteiger partial charge on any atom is -0.348 e. The highest BCUT2D eigenvalue weighted by Gasteiger charge is 2.65. The minimum atomic E-state index is -4.18. The largest absolute Gasteiger partial charge is 0.684 e. The lowest BCUT2D eigenvalue weighted by Gasteiger charge is -2.47. The van der Waals surface area contributed by atoms with Gasteiger partial charge in [-0.15, -0.1) is 0 Å². The zero-order valence-electron chi connectivity index (χ0n) is 37.5. The Labute approximate surface area is 332 Å². The summed E-state index contributed by atoms with van der Waals surface area (Å²) in [6, 6.07) is 0. The van der Waals surface area contributed by atoms with Gasteiger partial charge in [-0.05, 0) is 120 Å². The van der Waals surface area contributed by atoms with Crippen molar-refractivity contribution in [2.24, 2.45) is 0 Å². The Morgan fingerprint density at radius 2 is 0.415 bits per heavy atom. The zero-order chi connectivity index (χ0) is 41.0. The summed E-state index contributed by atoms with van der Waals surface area (Å²) in [6.45, 7) is 36.3. The van der Waals surface area contributed by atoms with E-state index in [1.807, 2.05) is 125 Å². The lowest BCUT2D eigenvalue weighted by Crippen LogP contribution is -2.69. The van der Waals surface area contributed by atoms with Crippen LogP contribution in [0.15, 0.2) is 0 Å². The predicted octanol–water partition coefficient (Wildman–Crippen LogP) is 8.66. The number of hydrogen-bond acceptors (Lipinski definition) is 12. The molecule has 0 N–H and O–H groups in total. The van der Waals surface area contributed by atoms with Crippen molar-refractivity contribution in [3.63, 3.8) is 0 Å². The van der Waals surface area contributed by atoms with E-state index in [1.165, 1.54) is 0 Å². The Morgan fingerprint density at radius 1 is 0.302 bits per heavy atom. The number of hydrogen-bond donors (Lipinski definition) is 0. The van der Waals surface area contributed by atoms with Crippen LogP contribution in [0.2, 0.25) is 0 Å². The van der Waals surface area contributed by atoms with Gasteiger partial charge in [0, 0.05) is 54.9 Å². The molecule has 0 aliphatic rings. The molecule has 0 heterocycles. The highest BCUT2D eigenvalue weighted by Crippen LogP contribution is 2.36. The Bertz CT molecular complexity index is 734. The lowest BCUT2D eigenvalue weighted by atomic mass is 10.3. The van der Waals surface area contributed by atoms with Gasteiger partial charge < -0.3 is 53.1 Å². The van der Waals surface area contributed by atoms with Crippen LogP contribution in [0.25, 0.3) is 0 Å². The van der Waals surface area contributed by atoms with Crippen LogP contribution in [0.4, 0.5) is 0 Å². The van der Waals surface area contributed by atoms with E-state index in [-0.39, 0.29) is 65.2 Å². The topological polar surface area (TPSA) is 111 Å². The SMILES string of the molecule is CCC(C)O[Si](OC(C)CC)(OC(C)CC)OC([SiH3])(O[Si](OC(C)CC)(OC(C)CC)OC(C)CC)O[Si](OC(C)CC)(OC(C)CC)OC(C)CC. The molecule has 0 saturated carbocycles. The Kier molecular flexibility index (Phi) is 26.6. The van der Waals surface area contributed by atoms with E-state index in [2.05, 4.69) is 0 Å². The minimum absolute atomic E-state index is 0.0459. The fourth-order valence-corrected chi connectivity index (χ4v) is 15.2. The molecular weight excluding hydrogens is 749 g/mol. The molecule has 320 valence electrons. The summed E-state index contributed by atoms with van der Waals surface area (Å²) in [6.07, 6.45) is 3.70. The first-order chi connectivity index (χ1) is 24.7. The monoisotopic (exact) mass is 833 g/mol. The molecule has 0 aromatic rings. The molecule has 9 unspecified atom stereocenters. The first kappa shape index (κ1) is 53.4. The molecular formula is C37H84O12Si4. The zero-order valence-corrected chi connectivity index (χ0v) is 42.5. The second-order valence-corrected chi connectivity index (χ2v) is 21.7. The van der Waals surface area contributed by atoms with E-state index < -0.39 is 32.7 Å². The highest BCUT2D eigenvalue weighted by molar-refractivity contribution is 6.57. The summed E-state index contributed by atoms with van der Waals surface area (Å²) < 4.78 is 82.8. The van der Waals surface area contributed by atoms with E-state index in [1.54, 1.807) is 0 Å². The van der Waals surface area contributed by atoms with Crippen molar-refractivity contribution in [2.45, 2.75) is 243 Å². The Hall–Kier alpha value is 0.388. The van der Waals surface area contributed by atoms with Crippen LogP contribution < -0.4 is 0 Å². The van der Waals surface area contributed by atoms with Crippen LogP contribution in [0.3, 0.4) is 0 Å². The molecule has 12 nitrogen and oxygen atoms in total. The molecule has 0 fully saturated rings. The molecule has 0 aliphatic heterocycles. The van der Waals surface area contributed by atoms with Crippen LogP contribution >= 0.6 is 0 Å². The van der Waals surface area contributed by atoms with Crippen molar-refractivity contribution in [2.75, 3.05) is 0 Å². The Morgan fingerprint density at radius 3 is 0.509 bits per heavy atom. The van der Waals surface area contributed by atoms with Crippen molar-refractivity contribution < 1.29 is 53.1 Å². The van der Waals surface area contributed by atoms with Crippen molar-refractivity contribution in [3.05, 3.63) is 0 Å². The molecule has 0 rings (SSSR count). The van der Waals surface area contributed by atoms with E-state index in [0.29, 0.717) is 57.8 Å². The van der Waals surface area contributed by atoms with Crippen molar-refractivity contribution in [1.82, 2.24) is 0 Å². The molecule has 0 aliphatic carbocycles. The van der Waals surface area contributed by atoms with Gasteiger partial charge >= 0.3 is 27.1 Å². The maximum Gasteiger partial charge on any atom is 0.684 e. The first-order valence-corrected chi connectivity index (χ1v) is 26.8. The molecule has 0 bridgehead atoms. The van der Waals surface area contributed by atoms with Gasteiger partial charge in [0.05, 0.1) is 0 Å². The van der Waals surface area contributed by atoms with Gasteiger partial charge in [0.25, 0.3) is 0 Å². The number of rotatable bonds is 33. The Balaban J connectivity index is 8.33.